The van der Waals surface area contributed by atoms with E-state index in [1.54, 1.807) is 0 Å². The highest BCUT2D eigenvalue weighted by atomic mass is 16.4. The van der Waals surface area contributed by atoms with Gasteiger partial charge in [0.15, 0.2) is 0 Å². The van der Waals surface area contributed by atoms with Gasteiger partial charge in [-0.05, 0) is 38.2 Å². The second kappa shape index (κ2) is 11.1. The minimum absolute atomic E-state index is 0.117. The molecule has 2 amide bonds. The molecule has 8 N–H and O–H groups in total. The number of benzene rings is 1. The smallest absolute Gasteiger partial charge is 0.306 e. The number of amides is 2. The first-order valence-corrected chi connectivity index (χ1v) is 10.3. The van der Waals surface area contributed by atoms with Crippen LogP contribution in [0.4, 0.5) is 0 Å². The van der Waals surface area contributed by atoms with Gasteiger partial charge in [0.05, 0.1) is 5.92 Å². The molecule has 0 heterocycles. The van der Waals surface area contributed by atoms with Crippen molar-refractivity contribution in [2.75, 3.05) is 0 Å². The summed E-state index contributed by atoms with van der Waals surface area (Å²) in [6, 6.07) is 8.58. The van der Waals surface area contributed by atoms with Crippen LogP contribution in [0, 0.1) is 11.8 Å². The van der Waals surface area contributed by atoms with Crippen molar-refractivity contribution in [3.05, 3.63) is 35.9 Å². The topological polar surface area (TPSA) is 160 Å². The van der Waals surface area contributed by atoms with E-state index in [2.05, 4.69) is 16.0 Å². The summed E-state index contributed by atoms with van der Waals surface area (Å²) in [5.74, 6) is -2.70. The summed E-state index contributed by atoms with van der Waals surface area (Å²) in [5.41, 5.74) is 12.5. The van der Waals surface area contributed by atoms with Crippen molar-refractivity contribution in [3.63, 3.8) is 0 Å². The van der Waals surface area contributed by atoms with E-state index in [-0.39, 0.29) is 30.7 Å². The number of carboxylic acids is 1. The van der Waals surface area contributed by atoms with Crippen molar-refractivity contribution in [1.82, 2.24) is 16.0 Å². The summed E-state index contributed by atoms with van der Waals surface area (Å²) in [4.78, 5) is 36.3. The summed E-state index contributed by atoms with van der Waals surface area (Å²) in [7, 11) is 0. The molecular weight excluding hydrogens is 386 g/mol. The number of carbonyl (C=O) groups is 3. The summed E-state index contributed by atoms with van der Waals surface area (Å²) in [6.45, 7) is 3.24. The van der Waals surface area contributed by atoms with Crippen LogP contribution in [-0.2, 0) is 20.8 Å². The lowest BCUT2D eigenvalue weighted by atomic mass is 9.92. The van der Waals surface area contributed by atoms with Crippen LogP contribution in [0.5, 0.6) is 0 Å². The number of nitrogens with two attached hydrogens (primary N) is 2. The number of nitrogens with one attached hydrogen (secondary N) is 3. The Kier molecular flexibility index (Phi) is 8.76. The molecule has 1 aromatic carbocycles. The van der Waals surface area contributed by atoms with Gasteiger partial charge in [-0.3, -0.25) is 19.7 Å². The van der Waals surface area contributed by atoms with Gasteiger partial charge in [0.2, 0.25) is 11.8 Å². The zero-order valence-corrected chi connectivity index (χ0v) is 17.5. The molecule has 0 spiro atoms. The molecule has 30 heavy (non-hydrogen) atoms. The molecule has 2 rings (SSSR count). The van der Waals surface area contributed by atoms with Crippen molar-refractivity contribution < 1.29 is 19.5 Å². The molecule has 5 unspecified atom stereocenters. The molecule has 0 aromatic heterocycles. The third-order valence-electron chi connectivity index (χ3n) is 5.53. The standard InChI is InChI=1S/C21H33N5O4/c1-12(8-9-14-6-4-3-5-7-14)24-19(28)18(25-13(2)27)16-10-15(20(29)30)11-17(16)26-21(22)23/h3-7,12,15-18,21,26H,8-11,22-23H2,1-2H3,(H,24,28)(H,25,27)(H,29,30). The zero-order chi connectivity index (χ0) is 22.3. The van der Waals surface area contributed by atoms with Gasteiger partial charge in [0, 0.05) is 24.9 Å². The van der Waals surface area contributed by atoms with E-state index in [1.807, 2.05) is 37.3 Å². The number of aryl methyl sites for hydroxylation is 1. The van der Waals surface area contributed by atoms with Gasteiger partial charge >= 0.3 is 5.97 Å². The summed E-state index contributed by atoms with van der Waals surface area (Å²) < 4.78 is 0. The van der Waals surface area contributed by atoms with Crippen LogP contribution >= 0.6 is 0 Å². The Hall–Kier alpha value is -2.49. The fraction of sp³-hybridized carbons (Fsp3) is 0.571. The molecule has 5 atom stereocenters. The highest BCUT2D eigenvalue weighted by molar-refractivity contribution is 5.87. The van der Waals surface area contributed by atoms with Crippen LogP contribution in [0.15, 0.2) is 30.3 Å². The average molecular weight is 420 g/mol. The lowest BCUT2D eigenvalue weighted by Crippen LogP contribution is -2.58. The largest absolute Gasteiger partial charge is 0.481 e. The molecule has 1 saturated carbocycles. The first-order valence-electron chi connectivity index (χ1n) is 10.3. The van der Waals surface area contributed by atoms with Crippen molar-refractivity contribution in [2.45, 2.75) is 63.9 Å². The fourth-order valence-electron chi connectivity index (χ4n) is 4.10. The van der Waals surface area contributed by atoms with Crippen molar-refractivity contribution in [3.8, 4) is 0 Å². The Morgan fingerprint density at radius 3 is 2.37 bits per heavy atom. The number of aliphatic carboxylic acids is 1. The van der Waals surface area contributed by atoms with E-state index >= 15 is 0 Å². The summed E-state index contributed by atoms with van der Waals surface area (Å²) in [6.07, 6.45) is 1.23. The second-order valence-electron chi connectivity index (χ2n) is 8.08. The van der Waals surface area contributed by atoms with E-state index < -0.39 is 36.2 Å². The lowest BCUT2D eigenvalue weighted by Gasteiger charge is -2.30. The maximum absolute atomic E-state index is 13.0. The summed E-state index contributed by atoms with van der Waals surface area (Å²) in [5, 5.41) is 18.0. The van der Waals surface area contributed by atoms with Crippen molar-refractivity contribution in [1.29, 1.82) is 0 Å². The van der Waals surface area contributed by atoms with Crippen LogP contribution in [0.25, 0.3) is 0 Å². The maximum atomic E-state index is 13.0. The molecule has 9 heteroatoms. The van der Waals surface area contributed by atoms with Gasteiger partial charge < -0.3 is 27.2 Å². The monoisotopic (exact) mass is 419 g/mol. The third kappa shape index (κ3) is 7.08. The molecule has 0 bridgehead atoms. The van der Waals surface area contributed by atoms with E-state index in [0.717, 1.165) is 12.8 Å². The van der Waals surface area contributed by atoms with Gasteiger partial charge in [-0.1, -0.05) is 30.3 Å². The zero-order valence-electron chi connectivity index (χ0n) is 17.5. The van der Waals surface area contributed by atoms with E-state index in [1.165, 1.54) is 12.5 Å². The number of carboxylic acid groups (broad SMARTS) is 1. The molecular formula is C21H33N5O4. The van der Waals surface area contributed by atoms with Crippen LogP contribution in [0.2, 0.25) is 0 Å². The van der Waals surface area contributed by atoms with Gasteiger partial charge in [-0.2, -0.15) is 0 Å². The predicted molar refractivity (Wildman–Crippen MR) is 113 cm³/mol. The number of hydrogen-bond donors (Lipinski definition) is 6. The molecule has 166 valence electrons. The Balaban J connectivity index is 2.07. The van der Waals surface area contributed by atoms with E-state index in [4.69, 9.17) is 11.5 Å². The lowest BCUT2D eigenvalue weighted by molar-refractivity contribution is -0.141. The number of rotatable bonds is 10. The molecule has 0 saturated heterocycles. The Bertz CT molecular complexity index is 727. The minimum Gasteiger partial charge on any atom is -0.481 e. The molecule has 1 aliphatic rings. The van der Waals surface area contributed by atoms with Gasteiger partial charge in [0.1, 0.15) is 12.3 Å². The Labute approximate surface area is 177 Å². The van der Waals surface area contributed by atoms with Crippen LogP contribution in [0.3, 0.4) is 0 Å². The maximum Gasteiger partial charge on any atom is 0.306 e. The quantitative estimate of drug-likeness (QED) is 0.289. The SMILES string of the molecule is CC(=O)NC(C(=O)NC(C)CCc1ccccc1)C1CC(C(=O)O)CC1NC(N)N. The molecule has 1 aliphatic carbocycles. The predicted octanol–water partition coefficient (Wildman–Crippen LogP) is -0.101. The van der Waals surface area contributed by atoms with E-state index in [9.17, 15) is 19.5 Å². The van der Waals surface area contributed by atoms with Crippen molar-refractivity contribution >= 4 is 17.8 Å². The molecule has 1 fully saturated rings. The minimum atomic E-state index is -0.937. The highest BCUT2D eigenvalue weighted by Crippen LogP contribution is 2.34. The summed E-state index contributed by atoms with van der Waals surface area (Å²) >= 11 is 0. The highest BCUT2D eigenvalue weighted by Gasteiger charge is 2.44. The van der Waals surface area contributed by atoms with E-state index in [0.29, 0.717) is 0 Å². The van der Waals surface area contributed by atoms with Crippen LogP contribution in [0.1, 0.15) is 38.7 Å². The first-order chi connectivity index (χ1) is 14.2. The molecule has 9 nitrogen and oxygen atoms in total. The Morgan fingerprint density at radius 1 is 1.13 bits per heavy atom. The van der Waals surface area contributed by atoms with Crippen LogP contribution in [-0.4, -0.2) is 47.3 Å². The van der Waals surface area contributed by atoms with Gasteiger partial charge in [0.25, 0.3) is 0 Å². The van der Waals surface area contributed by atoms with Crippen LogP contribution < -0.4 is 27.4 Å². The van der Waals surface area contributed by atoms with Gasteiger partial charge in [-0.25, -0.2) is 0 Å². The molecule has 0 radical (unpaired) electrons. The third-order valence-corrected chi connectivity index (χ3v) is 5.53. The number of hydrogen-bond acceptors (Lipinski definition) is 6. The molecule has 1 aromatic rings. The average Bonchev–Trinajstić information content (AvgIpc) is 3.08. The normalized spacial score (nSPS) is 23.0. The second-order valence-corrected chi connectivity index (χ2v) is 8.08. The first kappa shape index (κ1) is 23.8. The van der Waals surface area contributed by atoms with Crippen molar-refractivity contribution in [2.24, 2.45) is 23.3 Å². The molecule has 0 aliphatic heterocycles. The Morgan fingerprint density at radius 2 is 1.80 bits per heavy atom. The van der Waals surface area contributed by atoms with Gasteiger partial charge in [-0.15, -0.1) is 0 Å². The number of carbonyl (C=O) groups excluding carboxylic acids is 2. The fourth-order valence-corrected chi connectivity index (χ4v) is 4.10.